The van der Waals surface area contributed by atoms with Crippen LogP contribution in [-0.2, 0) is 17.5 Å². The van der Waals surface area contributed by atoms with Crippen LogP contribution < -0.4 is 15.4 Å². The topological polar surface area (TPSA) is 132 Å². The zero-order valence-electron chi connectivity index (χ0n) is 21.2. The summed E-state index contributed by atoms with van der Waals surface area (Å²) in [7, 11) is 0. The number of pyridine rings is 2. The molecule has 0 aliphatic carbocycles. The summed E-state index contributed by atoms with van der Waals surface area (Å²) in [6, 6.07) is 4.36. The van der Waals surface area contributed by atoms with E-state index in [1.165, 1.54) is 23.2 Å². The first-order valence-electron chi connectivity index (χ1n) is 12.2. The predicted molar refractivity (Wildman–Crippen MR) is 135 cm³/mol. The second-order valence-electron chi connectivity index (χ2n) is 9.72. The molecule has 5 heterocycles. The molecule has 1 aliphatic rings. The first-order chi connectivity index (χ1) is 18.5. The smallest absolute Gasteiger partial charge is 0.420 e. The second kappa shape index (κ2) is 10.7. The predicted octanol–water partition coefficient (Wildman–Crippen LogP) is 3.18. The minimum atomic E-state index is -4.68. The average molecular weight is 545 g/mol. The van der Waals surface area contributed by atoms with Crippen LogP contribution in [-0.4, -0.2) is 72.6 Å². The SMILES string of the molecule is CC(C)(O)Cn1cnc2cc(C(F)(F)F)c(Nc3ccc(-c4cnc(OCCOC5CNC5)nc4)cn3)nc21. The number of ether oxygens (including phenoxy) is 2. The molecule has 206 valence electrons. The van der Waals surface area contributed by atoms with Crippen molar-refractivity contribution in [3.8, 4) is 17.1 Å². The maximum atomic E-state index is 13.8. The molecule has 1 saturated heterocycles. The third-order valence-electron chi connectivity index (χ3n) is 5.84. The number of nitrogens with zero attached hydrogens (tertiary/aromatic N) is 6. The summed E-state index contributed by atoms with van der Waals surface area (Å²) < 4.78 is 54.0. The number of aromatic nitrogens is 6. The van der Waals surface area contributed by atoms with Gasteiger partial charge in [-0.2, -0.15) is 13.2 Å². The summed E-state index contributed by atoms with van der Waals surface area (Å²) >= 11 is 0. The van der Waals surface area contributed by atoms with Gasteiger partial charge in [0.2, 0.25) is 0 Å². The van der Waals surface area contributed by atoms with Gasteiger partial charge in [0.15, 0.2) is 5.65 Å². The Bertz CT molecular complexity index is 1420. The Labute approximate surface area is 221 Å². The lowest BCUT2D eigenvalue weighted by Crippen LogP contribution is -2.48. The number of rotatable bonds is 10. The van der Waals surface area contributed by atoms with Crippen molar-refractivity contribution in [3.63, 3.8) is 0 Å². The Balaban J connectivity index is 1.29. The maximum absolute atomic E-state index is 13.8. The lowest BCUT2D eigenvalue weighted by molar-refractivity contribution is -0.137. The Morgan fingerprint density at radius 2 is 1.79 bits per heavy atom. The Morgan fingerprint density at radius 1 is 1.05 bits per heavy atom. The zero-order chi connectivity index (χ0) is 27.6. The fourth-order valence-corrected chi connectivity index (χ4v) is 3.86. The molecule has 1 fully saturated rings. The van der Waals surface area contributed by atoms with E-state index in [1.807, 2.05) is 0 Å². The van der Waals surface area contributed by atoms with Crippen LogP contribution in [0.15, 0.2) is 43.1 Å². The lowest BCUT2D eigenvalue weighted by atomic mass is 10.1. The van der Waals surface area contributed by atoms with Gasteiger partial charge in [0.25, 0.3) is 0 Å². The van der Waals surface area contributed by atoms with E-state index in [9.17, 15) is 18.3 Å². The zero-order valence-corrected chi connectivity index (χ0v) is 21.2. The fourth-order valence-electron chi connectivity index (χ4n) is 3.86. The Morgan fingerprint density at radius 3 is 2.41 bits per heavy atom. The lowest BCUT2D eigenvalue weighted by Gasteiger charge is -2.26. The molecule has 0 radical (unpaired) electrons. The van der Waals surface area contributed by atoms with Crippen LogP contribution in [0.3, 0.4) is 0 Å². The van der Waals surface area contributed by atoms with Crippen LogP contribution in [0, 0.1) is 0 Å². The highest BCUT2D eigenvalue weighted by atomic mass is 19.4. The average Bonchev–Trinajstić information content (AvgIpc) is 3.23. The van der Waals surface area contributed by atoms with Gasteiger partial charge in [-0.15, -0.1) is 0 Å². The molecule has 0 spiro atoms. The third-order valence-corrected chi connectivity index (χ3v) is 5.84. The van der Waals surface area contributed by atoms with E-state index < -0.39 is 23.2 Å². The number of halogens is 3. The molecule has 39 heavy (non-hydrogen) atoms. The van der Waals surface area contributed by atoms with Crippen LogP contribution in [0.5, 0.6) is 6.01 Å². The van der Waals surface area contributed by atoms with Gasteiger partial charge in [0.05, 0.1) is 31.2 Å². The van der Waals surface area contributed by atoms with Crippen LogP contribution >= 0.6 is 0 Å². The molecule has 0 bridgehead atoms. The van der Waals surface area contributed by atoms with E-state index in [-0.39, 0.29) is 35.6 Å². The van der Waals surface area contributed by atoms with E-state index >= 15 is 0 Å². The van der Waals surface area contributed by atoms with Gasteiger partial charge in [-0.1, -0.05) is 0 Å². The minimum absolute atomic E-state index is 0.0658. The van der Waals surface area contributed by atoms with Crippen molar-refractivity contribution in [1.82, 2.24) is 34.8 Å². The quantitative estimate of drug-likeness (QED) is 0.256. The summed E-state index contributed by atoms with van der Waals surface area (Å²) in [5, 5.41) is 15.9. The number of hydrogen-bond acceptors (Lipinski definition) is 10. The summed E-state index contributed by atoms with van der Waals surface area (Å²) in [6.45, 7) is 5.74. The van der Waals surface area contributed by atoms with Gasteiger partial charge in [-0.05, 0) is 32.0 Å². The summed E-state index contributed by atoms with van der Waals surface area (Å²) in [6.07, 6.45) is 1.54. The number of alkyl halides is 3. The molecule has 0 atom stereocenters. The first kappa shape index (κ1) is 26.7. The van der Waals surface area contributed by atoms with Crippen LogP contribution in [0.4, 0.5) is 24.8 Å². The van der Waals surface area contributed by atoms with E-state index in [4.69, 9.17) is 9.47 Å². The van der Waals surface area contributed by atoms with Crippen LogP contribution in [0.25, 0.3) is 22.3 Å². The van der Waals surface area contributed by atoms with Crippen molar-refractivity contribution in [3.05, 3.63) is 48.7 Å². The summed E-state index contributed by atoms with van der Waals surface area (Å²) in [5.41, 5.74) is -0.502. The minimum Gasteiger partial charge on any atom is -0.461 e. The monoisotopic (exact) mass is 544 g/mol. The molecular weight excluding hydrogens is 517 g/mol. The van der Waals surface area contributed by atoms with Gasteiger partial charge in [0.1, 0.15) is 29.3 Å². The molecule has 0 saturated carbocycles. The number of hydrogen-bond donors (Lipinski definition) is 3. The number of fused-ring (bicyclic) bond motifs is 1. The van der Waals surface area contributed by atoms with Gasteiger partial charge in [0, 0.05) is 42.8 Å². The molecule has 14 heteroatoms. The highest BCUT2D eigenvalue weighted by Gasteiger charge is 2.36. The Hall–Kier alpha value is -3.88. The summed E-state index contributed by atoms with van der Waals surface area (Å²) in [4.78, 5) is 20.8. The highest BCUT2D eigenvalue weighted by molar-refractivity contribution is 5.77. The van der Waals surface area contributed by atoms with E-state index in [0.717, 1.165) is 19.2 Å². The van der Waals surface area contributed by atoms with Crippen molar-refractivity contribution in [2.45, 2.75) is 38.3 Å². The molecule has 4 aromatic rings. The van der Waals surface area contributed by atoms with Crippen molar-refractivity contribution in [2.75, 3.05) is 31.6 Å². The maximum Gasteiger partial charge on any atom is 0.420 e. The third kappa shape index (κ3) is 6.58. The largest absolute Gasteiger partial charge is 0.461 e. The molecule has 1 aliphatic heterocycles. The molecule has 0 aromatic carbocycles. The van der Waals surface area contributed by atoms with E-state index in [0.29, 0.717) is 24.3 Å². The van der Waals surface area contributed by atoms with Crippen molar-refractivity contribution in [2.24, 2.45) is 0 Å². The standard InChI is InChI=1S/C25H27F3N8O3/c1-24(2,37)13-36-14-33-19-7-18(25(26,27)28)21(35-22(19)36)34-20-4-3-15(8-30-20)16-9-31-23(32-10-16)39-6-5-38-17-11-29-12-17/h3-4,7-10,14,17,29,37H,5-6,11-13H2,1-2H3,(H,30,34,35). The number of nitrogens with one attached hydrogen (secondary N) is 2. The first-order valence-corrected chi connectivity index (χ1v) is 12.2. The number of anilines is 2. The van der Waals surface area contributed by atoms with Crippen molar-refractivity contribution >= 4 is 22.8 Å². The van der Waals surface area contributed by atoms with Crippen LogP contribution in [0.2, 0.25) is 0 Å². The normalized spacial score (nSPS) is 14.4. The number of aliphatic hydroxyl groups is 1. The van der Waals surface area contributed by atoms with Gasteiger partial charge >= 0.3 is 12.2 Å². The summed E-state index contributed by atoms with van der Waals surface area (Å²) in [5.74, 6) is -0.262. The second-order valence-corrected chi connectivity index (χ2v) is 9.72. The van der Waals surface area contributed by atoms with Crippen molar-refractivity contribution < 1.29 is 27.8 Å². The van der Waals surface area contributed by atoms with Crippen LogP contribution in [0.1, 0.15) is 19.4 Å². The van der Waals surface area contributed by atoms with Gasteiger partial charge < -0.3 is 29.8 Å². The molecule has 4 aromatic heterocycles. The van der Waals surface area contributed by atoms with Crippen molar-refractivity contribution in [1.29, 1.82) is 0 Å². The molecule has 0 amide bonds. The molecule has 5 rings (SSSR count). The molecule has 3 N–H and O–H groups in total. The van der Waals surface area contributed by atoms with E-state index in [2.05, 4.69) is 35.6 Å². The number of imidazole rings is 1. The molecular formula is C25H27F3N8O3. The fraction of sp³-hybridized carbons (Fsp3) is 0.400. The molecule has 0 unspecified atom stereocenters. The Kier molecular flexibility index (Phi) is 7.34. The molecule has 11 nitrogen and oxygen atoms in total. The highest BCUT2D eigenvalue weighted by Crippen LogP contribution is 2.37. The van der Waals surface area contributed by atoms with Gasteiger partial charge in [-0.3, -0.25) is 0 Å². The van der Waals surface area contributed by atoms with Gasteiger partial charge in [-0.25, -0.2) is 24.9 Å². The van der Waals surface area contributed by atoms with E-state index in [1.54, 1.807) is 32.3 Å².